The summed E-state index contributed by atoms with van der Waals surface area (Å²) in [6, 6.07) is 3.81. The molecule has 21 heavy (non-hydrogen) atoms. The molecule has 0 saturated heterocycles. The molecule has 1 rings (SSSR count). The molecule has 1 aromatic carbocycles. The Bertz CT molecular complexity index is 564. The molecule has 5 nitrogen and oxygen atoms in total. The molecule has 0 fully saturated rings. The number of alkyl halides is 3. The fraction of sp³-hybridized carbons (Fsp3) is 0.385. The summed E-state index contributed by atoms with van der Waals surface area (Å²) in [5.74, 6) is -1.35. The van der Waals surface area contributed by atoms with Gasteiger partial charge < -0.3 is 14.6 Å². The van der Waals surface area contributed by atoms with Gasteiger partial charge in [0.1, 0.15) is 6.07 Å². The van der Waals surface area contributed by atoms with Gasteiger partial charge in [-0.3, -0.25) is 4.79 Å². The summed E-state index contributed by atoms with van der Waals surface area (Å²) in [7, 11) is 0. The third kappa shape index (κ3) is 4.96. The van der Waals surface area contributed by atoms with Crippen LogP contribution in [0.3, 0.4) is 0 Å². The Morgan fingerprint density at radius 2 is 2.10 bits per heavy atom. The third-order valence-corrected chi connectivity index (χ3v) is 2.39. The van der Waals surface area contributed by atoms with Crippen molar-refractivity contribution in [2.24, 2.45) is 0 Å². The molecule has 0 aromatic heterocycles. The number of hydrogen-bond acceptors (Lipinski definition) is 5. The van der Waals surface area contributed by atoms with Crippen LogP contribution in [-0.4, -0.2) is 24.0 Å². The summed E-state index contributed by atoms with van der Waals surface area (Å²) in [4.78, 5) is 11.3. The van der Waals surface area contributed by atoms with Crippen molar-refractivity contribution in [1.82, 2.24) is 0 Å². The van der Waals surface area contributed by atoms with Crippen molar-refractivity contribution in [1.29, 1.82) is 5.26 Å². The Labute approximate surface area is 118 Å². The fourth-order valence-corrected chi connectivity index (χ4v) is 1.67. The van der Waals surface area contributed by atoms with Gasteiger partial charge in [-0.25, -0.2) is 0 Å². The van der Waals surface area contributed by atoms with Crippen LogP contribution in [0.15, 0.2) is 12.1 Å². The molecule has 0 bridgehead atoms. The molecule has 1 N–H and O–H groups in total. The molecule has 0 amide bonds. The standard InChI is InChI=1S/C13H12F3NO4/c1-2-20-11(19)5-8-3-9(6-17)12(10(4-8)7-18)21-13(14,15)16/h3-4,18H,2,5,7H2,1H3. The fourth-order valence-electron chi connectivity index (χ4n) is 1.67. The van der Waals surface area contributed by atoms with Gasteiger partial charge in [0.15, 0.2) is 5.75 Å². The van der Waals surface area contributed by atoms with Gasteiger partial charge in [0, 0.05) is 5.56 Å². The Morgan fingerprint density at radius 3 is 2.57 bits per heavy atom. The van der Waals surface area contributed by atoms with E-state index in [1.807, 2.05) is 0 Å². The average molecular weight is 303 g/mol. The van der Waals surface area contributed by atoms with Gasteiger partial charge in [-0.15, -0.1) is 13.2 Å². The molecule has 0 aliphatic heterocycles. The highest BCUT2D eigenvalue weighted by molar-refractivity contribution is 5.73. The largest absolute Gasteiger partial charge is 0.573 e. The van der Waals surface area contributed by atoms with Crippen molar-refractivity contribution < 1.29 is 32.5 Å². The van der Waals surface area contributed by atoms with E-state index in [0.717, 1.165) is 6.07 Å². The van der Waals surface area contributed by atoms with Gasteiger partial charge in [0.2, 0.25) is 0 Å². The van der Waals surface area contributed by atoms with Crippen molar-refractivity contribution >= 4 is 5.97 Å². The van der Waals surface area contributed by atoms with Gasteiger partial charge in [-0.05, 0) is 24.6 Å². The molecular weight excluding hydrogens is 291 g/mol. The van der Waals surface area contributed by atoms with Crippen molar-refractivity contribution in [3.05, 3.63) is 28.8 Å². The van der Waals surface area contributed by atoms with Gasteiger partial charge in [0.05, 0.1) is 25.2 Å². The zero-order chi connectivity index (χ0) is 16.0. The lowest BCUT2D eigenvalue weighted by Crippen LogP contribution is -2.19. The summed E-state index contributed by atoms with van der Waals surface area (Å²) in [5.41, 5.74) is -0.396. The minimum absolute atomic E-state index is 0.159. The quantitative estimate of drug-likeness (QED) is 0.842. The van der Waals surface area contributed by atoms with Crippen molar-refractivity contribution in [2.75, 3.05) is 6.61 Å². The zero-order valence-corrected chi connectivity index (χ0v) is 11.0. The second-order valence-electron chi connectivity index (χ2n) is 3.93. The summed E-state index contributed by atoms with van der Waals surface area (Å²) >= 11 is 0. The van der Waals surface area contributed by atoms with Crippen LogP contribution in [0.5, 0.6) is 5.75 Å². The number of benzene rings is 1. The van der Waals surface area contributed by atoms with Crippen LogP contribution in [0.4, 0.5) is 13.2 Å². The first-order chi connectivity index (χ1) is 9.80. The Balaban J connectivity index is 3.18. The van der Waals surface area contributed by atoms with Crippen LogP contribution in [0.1, 0.15) is 23.6 Å². The zero-order valence-electron chi connectivity index (χ0n) is 11.0. The van der Waals surface area contributed by atoms with Crippen LogP contribution in [0.2, 0.25) is 0 Å². The van der Waals surface area contributed by atoms with E-state index in [0.29, 0.717) is 0 Å². The van der Waals surface area contributed by atoms with Crippen LogP contribution in [0.25, 0.3) is 0 Å². The van der Waals surface area contributed by atoms with E-state index in [1.165, 1.54) is 6.07 Å². The monoisotopic (exact) mass is 303 g/mol. The van der Waals surface area contributed by atoms with Crippen molar-refractivity contribution in [3.63, 3.8) is 0 Å². The number of carbonyl (C=O) groups is 1. The summed E-state index contributed by atoms with van der Waals surface area (Å²) in [6.07, 6.45) is -5.21. The molecule has 0 spiro atoms. The normalized spacial score (nSPS) is 10.9. The Kier molecular flexibility index (Phi) is 5.55. The number of hydrogen-bond donors (Lipinski definition) is 1. The first-order valence-electron chi connectivity index (χ1n) is 5.88. The van der Waals surface area contributed by atoms with Crippen LogP contribution >= 0.6 is 0 Å². The topological polar surface area (TPSA) is 79.6 Å². The first-order valence-corrected chi connectivity index (χ1v) is 5.88. The molecule has 1 aromatic rings. The van der Waals surface area contributed by atoms with E-state index in [-0.39, 0.29) is 24.2 Å². The molecular formula is C13H12F3NO4. The maximum Gasteiger partial charge on any atom is 0.573 e. The lowest BCUT2D eigenvalue weighted by Gasteiger charge is -2.15. The maximum absolute atomic E-state index is 12.3. The Morgan fingerprint density at radius 1 is 1.43 bits per heavy atom. The summed E-state index contributed by atoms with van der Waals surface area (Å²) < 4.78 is 45.4. The number of aliphatic hydroxyl groups excluding tert-OH is 1. The smallest absolute Gasteiger partial charge is 0.466 e. The molecule has 0 radical (unpaired) electrons. The molecule has 0 aliphatic carbocycles. The van der Waals surface area contributed by atoms with Crippen LogP contribution in [0, 0.1) is 11.3 Å². The predicted molar refractivity (Wildman–Crippen MR) is 64.1 cm³/mol. The highest BCUT2D eigenvalue weighted by Gasteiger charge is 2.33. The summed E-state index contributed by atoms with van der Waals surface area (Å²) in [5, 5.41) is 18.0. The molecule has 8 heteroatoms. The second kappa shape index (κ2) is 6.95. The molecule has 0 saturated carbocycles. The van der Waals surface area contributed by atoms with E-state index in [2.05, 4.69) is 4.74 Å². The predicted octanol–water partition coefficient (Wildman–Crippen LogP) is 2.05. The number of aliphatic hydroxyl groups is 1. The number of carbonyl (C=O) groups excluding carboxylic acids is 1. The minimum Gasteiger partial charge on any atom is -0.466 e. The number of nitrogens with zero attached hydrogens (tertiary/aromatic N) is 1. The third-order valence-electron chi connectivity index (χ3n) is 2.39. The van der Waals surface area contributed by atoms with E-state index in [1.54, 1.807) is 13.0 Å². The SMILES string of the molecule is CCOC(=O)Cc1cc(C#N)c(OC(F)(F)F)c(CO)c1. The average Bonchev–Trinajstić information content (AvgIpc) is 2.38. The van der Waals surface area contributed by atoms with Crippen LogP contribution in [-0.2, 0) is 22.6 Å². The van der Waals surface area contributed by atoms with Gasteiger partial charge in [-0.1, -0.05) is 0 Å². The number of esters is 1. The molecule has 0 heterocycles. The van der Waals surface area contributed by atoms with Gasteiger partial charge >= 0.3 is 12.3 Å². The lowest BCUT2D eigenvalue weighted by molar-refractivity contribution is -0.275. The van der Waals surface area contributed by atoms with E-state index in [9.17, 15) is 18.0 Å². The lowest BCUT2D eigenvalue weighted by atomic mass is 10.0. The van der Waals surface area contributed by atoms with E-state index < -0.39 is 30.3 Å². The van der Waals surface area contributed by atoms with Crippen LogP contribution < -0.4 is 4.74 Å². The molecule has 114 valence electrons. The van der Waals surface area contributed by atoms with Gasteiger partial charge in [0.25, 0.3) is 0 Å². The number of ether oxygens (including phenoxy) is 2. The summed E-state index contributed by atoms with van der Waals surface area (Å²) in [6.45, 7) is 1.00. The Hall–Kier alpha value is -2.27. The highest BCUT2D eigenvalue weighted by Crippen LogP contribution is 2.31. The highest BCUT2D eigenvalue weighted by atomic mass is 19.4. The second-order valence-corrected chi connectivity index (χ2v) is 3.93. The number of nitriles is 1. The molecule has 0 unspecified atom stereocenters. The van der Waals surface area contributed by atoms with E-state index in [4.69, 9.17) is 15.1 Å². The molecule has 0 aliphatic rings. The van der Waals surface area contributed by atoms with Gasteiger partial charge in [-0.2, -0.15) is 5.26 Å². The first kappa shape index (κ1) is 16.8. The minimum atomic E-state index is -4.99. The maximum atomic E-state index is 12.3. The van der Waals surface area contributed by atoms with Crippen molar-refractivity contribution in [3.8, 4) is 11.8 Å². The van der Waals surface area contributed by atoms with E-state index >= 15 is 0 Å². The number of rotatable bonds is 5. The molecule has 0 atom stereocenters. The number of halogens is 3. The van der Waals surface area contributed by atoms with Crippen molar-refractivity contribution in [2.45, 2.75) is 26.3 Å².